The summed E-state index contributed by atoms with van der Waals surface area (Å²) < 4.78 is 18.5. The van der Waals surface area contributed by atoms with Crippen molar-refractivity contribution in [2.45, 2.75) is 44.8 Å². The van der Waals surface area contributed by atoms with Crippen LogP contribution in [-0.4, -0.2) is 46.2 Å². The molecule has 0 radical (unpaired) electrons. The number of nitrogens with two attached hydrogens (primary N) is 1. The number of fused-ring (bicyclic) bond motifs is 2. The Hall–Kier alpha value is -5.18. The Kier molecular flexibility index (Phi) is 7.21. The maximum absolute atomic E-state index is 11.2. The number of hydrogen-bond donors (Lipinski definition) is 1. The molecule has 222 valence electrons. The van der Waals surface area contributed by atoms with Gasteiger partial charge in [-0.15, -0.1) is 0 Å². The summed E-state index contributed by atoms with van der Waals surface area (Å²) in [6, 6.07) is 20.5. The summed E-state index contributed by atoms with van der Waals surface area (Å²) in [7, 11) is 3.36. The molecular formula is C35H33N5O4. The van der Waals surface area contributed by atoms with E-state index < -0.39 is 6.09 Å². The van der Waals surface area contributed by atoms with E-state index in [0.29, 0.717) is 19.4 Å². The molecule has 44 heavy (non-hydrogen) atoms. The van der Waals surface area contributed by atoms with Crippen molar-refractivity contribution in [3.8, 4) is 34.0 Å². The molecule has 2 aliphatic carbocycles. The fourth-order valence-corrected chi connectivity index (χ4v) is 6.36. The van der Waals surface area contributed by atoms with E-state index in [4.69, 9.17) is 35.0 Å². The molecule has 3 aromatic heterocycles. The number of aryl methyl sites for hydroxylation is 1. The fraction of sp³-hybridized carbons (Fsp3) is 0.257. The summed E-state index contributed by atoms with van der Waals surface area (Å²) in [6.45, 7) is 0.547. The van der Waals surface area contributed by atoms with Gasteiger partial charge in [-0.2, -0.15) is 5.10 Å². The number of pyridine rings is 2. The van der Waals surface area contributed by atoms with Crippen molar-refractivity contribution in [3.63, 3.8) is 0 Å². The number of hydrogen-bond acceptors (Lipinski definition) is 7. The molecule has 9 nitrogen and oxygen atoms in total. The van der Waals surface area contributed by atoms with Gasteiger partial charge in [0.2, 0.25) is 0 Å². The van der Waals surface area contributed by atoms with E-state index in [1.54, 1.807) is 14.2 Å². The molecule has 1 atom stereocenters. The number of benzene rings is 2. The summed E-state index contributed by atoms with van der Waals surface area (Å²) in [6.07, 6.45) is 7.35. The van der Waals surface area contributed by atoms with Gasteiger partial charge in [0.05, 0.1) is 32.0 Å². The second kappa shape index (κ2) is 11.5. The van der Waals surface area contributed by atoms with Crippen molar-refractivity contribution >= 4 is 22.7 Å². The van der Waals surface area contributed by atoms with Gasteiger partial charge in [0, 0.05) is 36.2 Å². The van der Waals surface area contributed by atoms with E-state index >= 15 is 0 Å². The first-order chi connectivity index (χ1) is 21.5. The van der Waals surface area contributed by atoms with Crippen molar-refractivity contribution < 1.29 is 19.0 Å². The van der Waals surface area contributed by atoms with E-state index in [1.165, 1.54) is 11.1 Å². The van der Waals surface area contributed by atoms with Gasteiger partial charge in [0.15, 0.2) is 0 Å². The highest BCUT2D eigenvalue weighted by Crippen LogP contribution is 2.40. The Balaban J connectivity index is 1.32. The van der Waals surface area contributed by atoms with Crippen LogP contribution in [-0.2, 0) is 24.1 Å². The number of aromatic nitrogens is 4. The van der Waals surface area contributed by atoms with Crippen LogP contribution < -0.4 is 15.2 Å². The zero-order valence-electron chi connectivity index (χ0n) is 24.7. The van der Waals surface area contributed by atoms with E-state index in [0.717, 1.165) is 81.1 Å². The number of primary amides is 1. The van der Waals surface area contributed by atoms with Crippen LogP contribution in [0, 0.1) is 0 Å². The van der Waals surface area contributed by atoms with Gasteiger partial charge in [-0.3, -0.25) is 9.67 Å². The molecule has 0 fully saturated rings. The van der Waals surface area contributed by atoms with Gasteiger partial charge in [-0.1, -0.05) is 36.4 Å². The lowest BCUT2D eigenvalue weighted by Crippen LogP contribution is -2.20. The largest absolute Gasteiger partial charge is 0.497 e. The van der Waals surface area contributed by atoms with Crippen LogP contribution in [0.25, 0.3) is 39.1 Å². The fourth-order valence-electron chi connectivity index (χ4n) is 6.36. The predicted octanol–water partition coefficient (Wildman–Crippen LogP) is 6.36. The van der Waals surface area contributed by atoms with Crippen LogP contribution in [0.15, 0.2) is 72.9 Å². The minimum Gasteiger partial charge on any atom is -0.497 e. The Morgan fingerprint density at radius 3 is 2.64 bits per heavy atom. The van der Waals surface area contributed by atoms with Crippen LogP contribution in [0.5, 0.6) is 11.5 Å². The molecule has 3 heterocycles. The zero-order valence-corrected chi connectivity index (χ0v) is 24.7. The first kappa shape index (κ1) is 27.6. The normalized spacial score (nSPS) is 15.7. The summed E-state index contributed by atoms with van der Waals surface area (Å²) in [5, 5.41) is 5.09. The lowest BCUT2D eigenvalue weighted by molar-refractivity contribution is 0.114. The van der Waals surface area contributed by atoms with Crippen LogP contribution in [0.1, 0.15) is 41.6 Å². The van der Waals surface area contributed by atoms with E-state index in [2.05, 4.69) is 24.3 Å². The van der Waals surface area contributed by atoms with E-state index in [-0.39, 0.29) is 6.10 Å². The van der Waals surface area contributed by atoms with Crippen molar-refractivity contribution in [2.75, 3.05) is 14.2 Å². The molecule has 5 aromatic rings. The second-order valence-electron chi connectivity index (χ2n) is 11.2. The Bertz CT molecular complexity index is 1890. The highest BCUT2D eigenvalue weighted by Gasteiger charge is 2.24. The summed E-state index contributed by atoms with van der Waals surface area (Å²) in [5.74, 6) is 1.52. The van der Waals surface area contributed by atoms with Gasteiger partial charge in [0.1, 0.15) is 34.5 Å². The number of methoxy groups -OCH3 is 2. The third-order valence-electron chi connectivity index (χ3n) is 8.53. The first-order valence-corrected chi connectivity index (χ1v) is 14.8. The van der Waals surface area contributed by atoms with Gasteiger partial charge in [0.25, 0.3) is 0 Å². The minimum absolute atomic E-state index is 0.251. The number of nitrogens with zero attached hydrogens (tertiary/aromatic N) is 4. The molecule has 0 aliphatic heterocycles. The van der Waals surface area contributed by atoms with Gasteiger partial charge >= 0.3 is 6.09 Å². The molecule has 1 unspecified atom stereocenters. The van der Waals surface area contributed by atoms with Crippen molar-refractivity contribution in [3.05, 3.63) is 95.3 Å². The molecular weight excluding hydrogens is 554 g/mol. The summed E-state index contributed by atoms with van der Waals surface area (Å²) in [5.41, 5.74) is 16.1. The standard InChI is InChI=1S/C35H33N5O4/c1-42-25-13-9-21(10-14-25)20-40-30-18-31(43-2)33(28-8-4-6-22-5-3-7-27(22)28)38-34(30)32(39-40)24-12-16-29(37-19-24)23-11-15-26(17-23)44-35(36)41/h4,6,8-14,16,18-19,26H,3,5,7,15,17,20H2,1-2H3,(H2,36,41). The smallest absolute Gasteiger partial charge is 0.404 e. The molecule has 1 amide bonds. The lowest BCUT2D eigenvalue weighted by atomic mass is 9.99. The quantitative estimate of drug-likeness (QED) is 0.225. The zero-order chi connectivity index (χ0) is 30.2. The molecule has 9 heteroatoms. The third-order valence-corrected chi connectivity index (χ3v) is 8.53. The highest BCUT2D eigenvalue weighted by molar-refractivity contribution is 5.93. The minimum atomic E-state index is -0.756. The Labute approximate surface area is 255 Å². The monoisotopic (exact) mass is 587 g/mol. The highest BCUT2D eigenvalue weighted by atomic mass is 16.6. The third kappa shape index (κ3) is 5.15. The predicted molar refractivity (Wildman–Crippen MR) is 169 cm³/mol. The number of ether oxygens (including phenoxy) is 3. The van der Waals surface area contributed by atoms with Crippen molar-refractivity contribution in [1.29, 1.82) is 0 Å². The average Bonchev–Trinajstić information content (AvgIpc) is 3.80. The Morgan fingerprint density at radius 2 is 1.89 bits per heavy atom. The van der Waals surface area contributed by atoms with Crippen LogP contribution in [0.3, 0.4) is 0 Å². The number of carbonyl (C=O) groups is 1. The summed E-state index contributed by atoms with van der Waals surface area (Å²) in [4.78, 5) is 21.2. The Morgan fingerprint density at radius 1 is 1.02 bits per heavy atom. The van der Waals surface area contributed by atoms with Gasteiger partial charge < -0.3 is 19.9 Å². The van der Waals surface area contributed by atoms with E-state index in [1.807, 2.05) is 53.4 Å². The molecule has 2 N–H and O–H groups in total. The molecule has 0 saturated carbocycles. The first-order valence-electron chi connectivity index (χ1n) is 14.8. The maximum Gasteiger partial charge on any atom is 0.404 e. The maximum atomic E-state index is 11.2. The van der Waals surface area contributed by atoms with Crippen LogP contribution in [0.4, 0.5) is 4.79 Å². The number of amides is 1. The molecule has 7 rings (SSSR count). The number of rotatable bonds is 8. The molecule has 2 aromatic carbocycles. The topological polar surface area (TPSA) is 114 Å². The van der Waals surface area contributed by atoms with Crippen molar-refractivity contribution in [2.24, 2.45) is 5.73 Å². The molecule has 2 aliphatic rings. The van der Waals surface area contributed by atoms with Crippen LogP contribution >= 0.6 is 0 Å². The van der Waals surface area contributed by atoms with Gasteiger partial charge in [-0.05, 0) is 65.8 Å². The molecule has 0 bridgehead atoms. The second-order valence-corrected chi connectivity index (χ2v) is 11.2. The SMILES string of the molecule is COc1ccc(Cn2nc(-c3ccc(C4=CCC(OC(N)=O)C4)nc3)c3nc(-c4cccc5c4CCC5)c(OC)cc32)cc1. The molecule has 0 saturated heterocycles. The van der Waals surface area contributed by atoms with Gasteiger partial charge in [-0.25, -0.2) is 9.78 Å². The van der Waals surface area contributed by atoms with Crippen LogP contribution in [0.2, 0.25) is 0 Å². The lowest BCUT2D eigenvalue weighted by Gasteiger charge is -2.13. The van der Waals surface area contributed by atoms with E-state index in [9.17, 15) is 4.79 Å². The summed E-state index contributed by atoms with van der Waals surface area (Å²) >= 11 is 0. The average molecular weight is 588 g/mol. The van der Waals surface area contributed by atoms with Crippen molar-refractivity contribution in [1.82, 2.24) is 19.7 Å². The molecule has 0 spiro atoms. The number of carbonyl (C=O) groups excluding carboxylic acids is 1.